The molecule has 0 amide bonds. The zero-order valence-electron chi connectivity index (χ0n) is 15.0. The molecule has 138 valence electrons. The first-order chi connectivity index (χ1) is 14.4. The molecule has 29 heavy (non-hydrogen) atoms. The Labute approximate surface area is 168 Å². The summed E-state index contributed by atoms with van der Waals surface area (Å²) >= 11 is 1.67. The molecular formula is C21H13N7S. The van der Waals surface area contributed by atoms with Gasteiger partial charge in [0.05, 0.1) is 28.4 Å². The van der Waals surface area contributed by atoms with E-state index < -0.39 is 0 Å². The van der Waals surface area contributed by atoms with Crippen LogP contribution in [-0.4, -0.2) is 35.1 Å². The highest BCUT2D eigenvalue weighted by molar-refractivity contribution is 7.08. The number of nitrogens with zero attached hydrogens (tertiary/aromatic N) is 5. The number of nitrogens with one attached hydrogen (secondary N) is 2. The second kappa shape index (κ2) is 6.32. The SMILES string of the molecule is c1cc(-c2ccsc2)c2nc(-c3n[nH]c4ccc(-c5cnccn5)nc34)[nH]c2c1. The summed E-state index contributed by atoms with van der Waals surface area (Å²) in [7, 11) is 0. The van der Waals surface area contributed by atoms with Crippen LogP contribution in [0.25, 0.3) is 56.1 Å². The number of pyridine rings is 1. The molecule has 0 unspecified atom stereocenters. The Bertz CT molecular complexity index is 1450. The number of thiophene rings is 1. The summed E-state index contributed by atoms with van der Waals surface area (Å²) in [5, 5.41) is 11.7. The standard InChI is InChI=1S/C21H13N7S/c1-2-13(12-6-9-29-11-12)18-15(3-1)25-21(26-18)20-19-16(27-28-20)5-4-14(24-19)17-10-22-7-8-23-17/h1-11H,(H,25,26)(H,27,28). The number of para-hydroxylation sites is 1. The number of hydrogen-bond acceptors (Lipinski definition) is 6. The van der Waals surface area contributed by atoms with Gasteiger partial charge in [0.2, 0.25) is 0 Å². The van der Waals surface area contributed by atoms with Crippen molar-refractivity contribution in [3.8, 4) is 34.0 Å². The van der Waals surface area contributed by atoms with Crippen LogP contribution in [0.2, 0.25) is 0 Å². The highest BCUT2D eigenvalue weighted by Gasteiger charge is 2.17. The summed E-state index contributed by atoms with van der Waals surface area (Å²) in [4.78, 5) is 21.5. The number of aromatic amines is 2. The summed E-state index contributed by atoms with van der Waals surface area (Å²) in [6.45, 7) is 0. The fourth-order valence-electron chi connectivity index (χ4n) is 3.43. The van der Waals surface area contributed by atoms with Crippen LogP contribution in [0.3, 0.4) is 0 Å². The van der Waals surface area contributed by atoms with Gasteiger partial charge < -0.3 is 4.98 Å². The van der Waals surface area contributed by atoms with Crippen molar-refractivity contribution in [3.63, 3.8) is 0 Å². The van der Waals surface area contributed by atoms with Crippen LogP contribution in [0.1, 0.15) is 0 Å². The summed E-state index contributed by atoms with van der Waals surface area (Å²) in [5.74, 6) is 0.678. The van der Waals surface area contributed by atoms with Crippen molar-refractivity contribution < 1.29 is 0 Å². The lowest BCUT2D eigenvalue weighted by molar-refractivity contribution is 1.10. The molecule has 6 rings (SSSR count). The zero-order valence-corrected chi connectivity index (χ0v) is 15.8. The van der Waals surface area contributed by atoms with E-state index in [4.69, 9.17) is 9.97 Å². The minimum absolute atomic E-state index is 0.678. The maximum atomic E-state index is 4.86. The van der Waals surface area contributed by atoms with Crippen LogP contribution >= 0.6 is 11.3 Å². The van der Waals surface area contributed by atoms with Crippen molar-refractivity contribution in [1.29, 1.82) is 0 Å². The van der Waals surface area contributed by atoms with Gasteiger partial charge in [-0.2, -0.15) is 16.4 Å². The Kier molecular flexibility index (Phi) is 3.50. The van der Waals surface area contributed by atoms with Crippen molar-refractivity contribution in [2.75, 3.05) is 0 Å². The fraction of sp³-hybridized carbons (Fsp3) is 0. The van der Waals surface area contributed by atoms with Gasteiger partial charge >= 0.3 is 0 Å². The molecule has 0 saturated heterocycles. The van der Waals surface area contributed by atoms with E-state index in [0.29, 0.717) is 17.2 Å². The molecule has 0 aliphatic carbocycles. The molecule has 0 radical (unpaired) electrons. The maximum absolute atomic E-state index is 4.86. The van der Waals surface area contributed by atoms with Gasteiger partial charge in [-0.25, -0.2) is 9.97 Å². The van der Waals surface area contributed by atoms with Crippen molar-refractivity contribution in [2.45, 2.75) is 0 Å². The van der Waals surface area contributed by atoms with Crippen molar-refractivity contribution >= 4 is 33.4 Å². The molecule has 0 atom stereocenters. The van der Waals surface area contributed by atoms with Crippen LogP contribution < -0.4 is 0 Å². The van der Waals surface area contributed by atoms with Gasteiger partial charge in [0.1, 0.15) is 11.2 Å². The average molecular weight is 395 g/mol. The van der Waals surface area contributed by atoms with E-state index in [-0.39, 0.29) is 0 Å². The number of benzene rings is 1. The number of hydrogen-bond donors (Lipinski definition) is 2. The zero-order chi connectivity index (χ0) is 19.2. The molecule has 1 aromatic carbocycles. The van der Waals surface area contributed by atoms with Crippen LogP contribution in [0.4, 0.5) is 0 Å². The van der Waals surface area contributed by atoms with Crippen molar-refractivity contribution in [3.05, 3.63) is 65.7 Å². The van der Waals surface area contributed by atoms with Gasteiger partial charge in [0.25, 0.3) is 0 Å². The van der Waals surface area contributed by atoms with Gasteiger partial charge in [-0.15, -0.1) is 0 Å². The van der Waals surface area contributed by atoms with E-state index in [1.54, 1.807) is 29.9 Å². The molecule has 0 bridgehead atoms. The lowest BCUT2D eigenvalue weighted by Gasteiger charge is -1.99. The molecule has 7 nitrogen and oxygen atoms in total. The molecule has 2 N–H and O–H groups in total. The molecule has 0 aliphatic rings. The van der Waals surface area contributed by atoms with Gasteiger partial charge in [-0.1, -0.05) is 12.1 Å². The quantitative estimate of drug-likeness (QED) is 0.453. The van der Waals surface area contributed by atoms with Gasteiger partial charge in [-0.3, -0.25) is 15.1 Å². The molecular weight excluding hydrogens is 382 g/mol. The van der Waals surface area contributed by atoms with E-state index in [0.717, 1.165) is 38.9 Å². The third kappa shape index (κ3) is 2.61. The minimum Gasteiger partial charge on any atom is -0.336 e. The number of H-pyrrole nitrogens is 2. The Morgan fingerprint density at radius 2 is 1.86 bits per heavy atom. The summed E-state index contributed by atoms with van der Waals surface area (Å²) in [5.41, 5.74) is 7.85. The molecule has 5 aromatic heterocycles. The van der Waals surface area contributed by atoms with Crippen LogP contribution in [0.15, 0.2) is 65.7 Å². The Morgan fingerprint density at radius 3 is 2.72 bits per heavy atom. The number of aromatic nitrogens is 7. The van der Waals surface area contributed by atoms with E-state index >= 15 is 0 Å². The molecule has 5 heterocycles. The monoisotopic (exact) mass is 395 g/mol. The Balaban J connectivity index is 1.53. The fourth-order valence-corrected chi connectivity index (χ4v) is 4.09. The first kappa shape index (κ1) is 16.1. The highest BCUT2D eigenvalue weighted by Crippen LogP contribution is 2.32. The van der Waals surface area contributed by atoms with Gasteiger partial charge in [0, 0.05) is 18.0 Å². The van der Waals surface area contributed by atoms with Gasteiger partial charge in [0.15, 0.2) is 11.5 Å². The lowest BCUT2D eigenvalue weighted by Crippen LogP contribution is -1.89. The molecule has 0 fully saturated rings. The lowest BCUT2D eigenvalue weighted by atomic mass is 10.1. The topological polar surface area (TPSA) is 96.0 Å². The Morgan fingerprint density at radius 1 is 0.862 bits per heavy atom. The molecule has 8 heteroatoms. The highest BCUT2D eigenvalue weighted by atomic mass is 32.1. The average Bonchev–Trinajstić information content (AvgIpc) is 3.52. The molecule has 6 aromatic rings. The molecule has 0 spiro atoms. The van der Waals surface area contributed by atoms with Crippen molar-refractivity contribution in [1.82, 2.24) is 35.1 Å². The van der Waals surface area contributed by atoms with E-state index in [1.165, 1.54) is 0 Å². The number of rotatable bonds is 3. The predicted molar refractivity (Wildman–Crippen MR) is 113 cm³/mol. The third-order valence-corrected chi connectivity index (χ3v) is 5.49. The Hall–Kier alpha value is -3.91. The van der Waals surface area contributed by atoms with Crippen LogP contribution in [-0.2, 0) is 0 Å². The smallest absolute Gasteiger partial charge is 0.161 e. The van der Waals surface area contributed by atoms with Gasteiger partial charge in [-0.05, 0) is 40.6 Å². The third-order valence-electron chi connectivity index (χ3n) is 4.80. The molecule has 0 saturated carbocycles. The number of fused-ring (bicyclic) bond motifs is 2. The molecule has 0 aliphatic heterocycles. The summed E-state index contributed by atoms with van der Waals surface area (Å²) < 4.78 is 0. The van der Waals surface area contributed by atoms with E-state index in [9.17, 15) is 0 Å². The van der Waals surface area contributed by atoms with Crippen LogP contribution in [0.5, 0.6) is 0 Å². The van der Waals surface area contributed by atoms with E-state index in [2.05, 4.69) is 48.0 Å². The van der Waals surface area contributed by atoms with E-state index in [1.807, 2.05) is 24.3 Å². The van der Waals surface area contributed by atoms with Crippen molar-refractivity contribution in [2.24, 2.45) is 0 Å². The largest absolute Gasteiger partial charge is 0.336 e. The summed E-state index contributed by atoms with van der Waals surface area (Å²) in [6, 6.07) is 12.1. The normalized spacial score (nSPS) is 11.4. The maximum Gasteiger partial charge on any atom is 0.161 e. The van der Waals surface area contributed by atoms with Crippen LogP contribution in [0, 0.1) is 0 Å². The minimum atomic E-state index is 0.678. The second-order valence-electron chi connectivity index (χ2n) is 6.55. The second-order valence-corrected chi connectivity index (χ2v) is 7.33. The first-order valence-corrected chi connectivity index (χ1v) is 9.94. The first-order valence-electron chi connectivity index (χ1n) is 9.00. The number of imidazole rings is 1. The predicted octanol–water partition coefficient (Wildman–Crippen LogP) is 4.69. The summed E-state index contributed by atoms with van der Waals surface area (Å²) in [6.07, 6.45) is 5.00.